The van der Waals surface area contributed by atoms with Crippen molar-refractivity contribution in [2.24, 2.45) is 0 Å². The smallest absolute Gasteiger partial charge is 0.323 e. The molecular weight excluding hydrogens is 278 g/mol. The lowest BCUT2D eigenvalue weighted by atomic mass is 10.2. The van der Waals surface area contributed by atoms with Crippen molar-refractivity contribution in [1.82, 2.24) is 4.90 Å². The lowest BCUT2D eigenvalue weighted by Crippen LogP contribution is -2.41. The number of esters is 1. The summed E-state index contributed by atoms with van der Waals surface area (Å²) in [5, 5.41) is 13.9. The summed E-state index contributed by atoms with van der Waals surface area (Å²) in [6, 6.07) is 3.34. The van der Waals surface area contributed by atoms with Crippen LogP contribution in [0, 0.1) is 11.3 Å². The van der Waals surface area contributed by atoms with E-state index in [-0.39, 0.29) is 24.5 Å². The maximum atomic E-state index is 12.0. The Morgan fingerprint density at radius 3 is 3.15 bits per heavy atom. The van der Waals surface area contributed by atoms with Gasteiger partial charge in [-0.1, -0.05) is 0 Å². The van der Waals surface area contributed by atoms with Gasteiger partial charge in [0.05, 0.1) is 19.2 Å². The molecule has 0 spiro atoms. The molecule has 1 aliphatic heterocycles. The van der Waals surface area contributed by atoms with Gasteiger partial charge in [-0.15, -0.1) is 11.3 Å². The average molecular weight is 293 g/mol. The number of carbonyl (C=O) groups is 2. The van der Waals surface area contributed by atoms with Gasteiger partial charge in [0, 0.05) is 0 Å². The quantitative estimate of drug-likeness (QED) is 0.843. The number of carbonyl (C=O) groups excluding carboxylic acids is 2. The topological polar surface area (TPSA) is 82.4 Å². The van der Waals surface area contributed by atoms with Crippen LogP contribution < -0.4 is 5.32 Å². The highest BCUT2D eigenvalue weighted by molar-refractivity contribution is 7.14. The second-order valence-electron chi connectivity index (χ2n) is 4.48. The molecule has 0 bridgehead atoms. The van der Waals surface area contributed by atoms with Crippen LogP contribution in [-0.4, -0.2) is 43.0 Å². The van der Waals surface area contributed by atoms with Crippen LogP contribution >= 0.6 is 11.3 Å². The van der Waals surface area contributed by atoms with E-state index in [1.54, 1.807) is 16.3 Å². The summed E-state index contributed by atoms with van der Waals surface area (Å²) >= 11 is 1.31. The van der Waals surface area contributed by atoms with Crippen molar-refractivity contribution in [3.63, 3.8) is 0 Å². The van der Waals surface area contributed by atoms with E-state index >= 15 is 0 Å². The zero-order valence-corrected chi connectivity index (χ0v) is 11.9. The van der Waals surface area contributed by atoms with Crippen LogP contribution in [0.25, 0.3) is 0 Å². The minimum Gasteiger partial charge on any atom is -0.468 e. The fourth-order valence-electron chi connectivity index (χ4n) is 2.26. The number of rotatable bonds is 4. The fourth-order valence-corrected chi connectivity index (χ4v) is 3.02. The third-order valence-corrected chi connectivity index (χ3v) is 4.05. The highest BCUT2D eigenvalue weighted by Gasteiger charge is 2.32. The molecule has 1 amide bonds. The summed E-state index contributed by atoms with van der Waals surface area (Å²) in [5.74, 6) is -0.524. The molecule has 20 heavy (non-hydrogen) atoms. The predicted octanol–water partition coefficient (Wildman–Crippen LogP) is 1.20. The molecule has 1 atom stereocenters. The number of likely N-dealkylation sites (tertiary alicyclic amines) is 1. The van der Waals surface area contributed by atoms with E-state index in [0.717, 1.165) is 6.42 Å². The molecular formula is C13H15N3O3S. The van der Waals surface area contributed by atoms with E-state index in [0.29, 0.717) is 23.5 Å². The number of methoxy groups -OCH3 is 1. The van der Waals surface area contributed by atoms with Crippen molar-refractivity contribution in [3.8, 4) is 6.07 Å². The first-order valence-corrected chi connectivity index (χ1v) is 7.13. The van der Waals surface area contributed by atoms with Crippen molar-refractivity contribution < 1.29 is 14.3 Å². The van der Waals surface area contributed by atoms with E-state index in [9.17, 15) is 9.59 Å². The summed E-state index contributed by atoms with van der Waals surface area (Å²) in [5.41, 5.74) is 0.453. The number of hydrogen-bond donors (Lipinski definition) is 1. The lowest BCUT2D eigenvalue weighted by Gasteiger charge is -2.21. The van der Waals surface area contributed by atoms with E-state index in [1.165, 1.54) is 18.4 Å². The molecule has 0 aliphatic carbocycles. The summed E-state index contributed by atoms with van der Waals surface area (Å²) in [7, 11) is 1.35. The van der Waals surface area contributed by atoms with Crippen molar-refractivity contribution >= 4 is 28.2 Å². The molecule has 106 valence electrons. The number of anilines is 1. The van der Waals surface area contributed by atoms with Crippen molar-refractivity contribution in [2.45, 2.75) is 18.9 Å². The highest BCUT2D eigenvalue weighted by atomic mass is 32.1. The van der Waals surface area contributed by atoms with Gasteiger partial charge in [-0.3, -0.25) is 14.5 Å². The average Bonchev–Trinajstić information content (AvgIpc) is 3.06. The molecule has 0 saturated carbocycles. The molecule has 1 fully saturated rings. The van der Waals surface area contributed by atoms with E-state index in [4.69, 9.17) is 10.00 Å². The standard InChI is InChI=1S/C13H15N3O3S/c1-19-13(18)10-3-2-5-16(10)8-11(17)15-12-9(7-14)4-6-20-12/h4,6,10H,2-3,5,8H2,1H3,(H,15,17). The predicted molar refractivity (Wildman–Crippen MR) is 74.3 cm³/mol. The van der Waals surface area contributed by atoms with Crippen LogP contribution in [0.4, 0.5) is 5.00 Å². The Morgan fingerprint density at radius 2 is 2.45 bits per heavy atom. The van der Waals surface area contributed by atoms with Gasteiger partial charge in [0.1, 0.15) is 17.1 Å². The molecule has 0 radical (unpaired) electrons. The third-order valence-electron chi connectivity index (χ3n) is 3.22. The van der Waals surface area contributed by atoms with Crippen molar-refractivity contribution in [1.29, 1.82) is 5.26 Å². The summed E-state index contributed by atoms with van der Waals surface area (Å²) < 4.78 is 4.74. The van der Waals surface area contributed by atoms with Gasteiger partial charge in [0.25, 0.3) is 0 Å². The first kappa shape index (κ1) is 14.5. The Morgan fingerprint density at radius 1 is 1.65 bits per heavy atom. The van der Waals surface area contributed by atoms with Gasteiger partial charge in [0.15, 0.2) is 0 Å². The number of hydrogen-bond acceptors (Lipinski definition) is 6. The summed E-state index contributed by atoms with van der Waals surface area (Å²) in [6.07, 6.45) is 1.58. The van der Waals surface area contributed by atoms with Gasteiger partial charge in [-0.2, -0.15) is 5.26 Å². The minimum absolute atomic E-state index is 0.128. The second kappa shape index (κ2) is 6.50. The van der Waals surface area contributed by atoms with Crippen LogP contribution in [0.15, 0.2) is 11.4 Å². The zero-order valence-electron chi connectivity index (χ0n) is 11.1. The van der Waals surface area contributed by atoms with Crippen LogP contribution in [0.2, 0.25) is 0 Å². The Bertz CT molecular complexity index is 549. The van der Waals surface area contributed by atoms with Crippen LogP contribution in [-0.2, 0) is 14.3 Å². The molecule has 2 rings (SSSR count). The Labute approximate surface area is 120 Å². The van der Waals surface area contributed by atoms with Gasteiger partial charge < -0.3 is 10.1 Å². The molecule has 0 aromatic carbocycles. The first-order chi connectivity index (χ1) is 9.65. The molecule has 1 aromatic rings. The first-order valence-electron chi connectivity index (χ1n) is 6.25. The van der Waals surface area contributed by atoms with Crippen molar-refractivity contribution in [2.75, 3.05) is 25.5 Å². The summed E-state index contributed by atoms with van der Waals surface area (Å²) in [4.78, 5) is 25.4. The number of nitriles is 1. The molecule has 2 heterocycles. The van der Waals surface area contributed by atoms with E-state index in [1.807, 2.05) is 6.07 Å². The van der Waals surface area contributed by atoms with Gasteiger partial charge in [-0.25, -0.2) is 0 Å². The Hall–Kier alpha value is -1.91. The van der Waals surface area contributed by atoms with Crippen LogP contribution in [0.1, 0.15) is 18.4 Å². The third kappa shape index (κ3) is 3.15. The maximum absolute atomic E-state index is 12.0. The number of ether oxygens (including phenoxy) is 1. The van der Waals surface area contributed by atoms with Crippen LogP contribution in [0.5, 0.6) is 0 Å². The molecule has 1 saturated heterocycles. The lowest BCUT2D eigenvalue weighted by molar-refractivity contribution is -0.146. The summed E-state index contributed by atoms with van der Waals surface area (Å²) in [6.45, 7) is 0.825. The Balaban J connectivity index is 1.95. The number of nitrogens with zero attached hydrogens (tertiary/aromatic N) is 2. The normalized spacial score (nSPS) is 18.5. The molecule has 1 aliphatic rings. The molecule has 7 heteroatoms. The van der Waals surface area contributed by atoms with E-state index in [2.05, 4.69) is 5.32 Å². The van der Waals surface area contributed by atoms with Crippen molar-refractivity contribution in [3.05, 3.63) is 17.0 Å². The number of amides is 1. The monoisotopic (exact) mass is 293 g/mol. The number of nitrogens with one attached hydrogen (secondary N) is 1. The Kier molecular flexibility index (Phi) is 4.71. The highest BCUT2D eigenvalue weighted by Crippen LogP contribution is 2.23. The zero-order chi connectivity index (χ0) is 14.5. The molecule has 6 nitrogen and oxygen atoms in total. The van der Waals surface area contributed by atoms with Crippen LogP contribution in [0.3, 0.4) is 0 Å². The largest absolute Gasteiger partial charge is 0.468 e. The van der Waals surface area contributed by atoms with Gasteiger partial charge in [-0.05, 0) is 30.8 Å². The SMILES string of the molecule is COC(=O)C1CCCN1CC(=O)Nc1sccc1C#N. The fraction of sp³-hybridized carbons (Fsp3) is 0.462. The van der Waals surface area contributed by atoms with Gasteiger partial charge >= 0.3 is 5.97 Å². The molecule has 1 aromatic heterocycles. The molecule has 1 N–H and O–H groups in total. The second-order valence-corrected chi connectivity index (χ2v) is 5.39. The molecule has 1 unspecified atom stereocenters. The number of thiophene rings is 1. The maximum Gasteiger partial charge on any atom is 0.323 e. The van der Waals surface area contributed by atoms with Gasteiger partial charge in [0.2, 0.25) is 5.91 Å². The minimum atomic E-state index is -0.343. The van der Waals surface area contributed by atoms with E-state index < -0.39 is 0 Å².